The lowest BCUT2D eigenvalue weighted by molar-refractivity contribution is 0.505. The van der Waals surface area contributed by atoms with Crippen LogP contribution in [0.25, 0.3) is 0 Å². The summed E-state index contributed by atoms with van der Waals surface area (Å²) >= 11 is 0. The Morgan fingerprint density at radius 2 is 2.67 bits per heavy atom. The zero-order chi connectivity index (χ0) is 6.69. The first kappa shape index (κ1) is 6.33. The summed E-state index contributed by atoms with van der Waals surface area (Å²) in [5.41, 5.74) is 0. The van der Waals surface area contributed by atoms with Crippen LogP contribution in [0.15, 0.2) is 17.6 Å². The van der Waals surface area contributed by atoms with Crippen molar-refractivity contribution in [2.75, 3.05) is 19.6 Å². The van der Waals surface area contributed by atoms with E-state index >= 15 is 0 Å². The van der Waals surface area contributed by atoms with E-state index in [1.54, 1.807) is 0 Å². The second kappa shape index (κ2) is 2.67. The monoisotopic (exact) mass is 124 g/mol. The van der Waals surface area contributed by atoms with Gasteiger partial charge in [0.1, 0.15) is 0 Å². The molecular formula is C7H12N2. The van der Waals surface area contributed by atoms with Gasteiger partial charge in [-0.05, 0) is 6.92 Å². The molecule has 1 rings (SSSR count). The Hall–Kier alpha value is -0.790. The Morgan fingerprint density at radius 3 is 3.11 bits per heavy atom. The van der Waals surface area contributed by atoms with Gasteiger partial charge in [0.15, 0.2) is 0 Å². The molecular weight excluding hydrogens is 112 g/mol. The summed E-state index contributed by atoms with van der Waals surface area (Å²) < 4.78 is 0. The van der Waals surface area contributed by atoms with E-state index in [0.29, 0.717) is 0 Å². The molecule has 0 aromatic heterocycles. The molecule has 0 amide bonds. The first-order chi connectivity index (χ1) is 4.34. The molecule has 50 valence electrons. The molecule has 0 unspecified atom stereocenters. The number of aliphatic imine (C=N–C) groups is 1. The number of hydrogen-bond donors (Lipinski definition) is 0. The van der Waals surface area contributed by atoms with Crippen LogP contribution in [0.3, 0.4) is 0 Å². The highest BCUT2D eigenvalue weighted by molar-refractivity contribution is 5.81. The number of amidine groups is 1. The molecule has 0 saturated heterocycles. The van der Waals surface area contributed by atoms with Crippen molar-refractivity contribution in [1.29, 1.82) is 0 Å². The Labute approximate surface area is 55.9 Å². The van der Waals surface area contributed by atoms with Gasteiger partial charge in [-0.25, -0.2) is 0 Å². The highest BCUT2D eigenvalue weighted by Crippen LogP contribution is 1.99. The molecule has 0 aliphatic carbocycles. The van der Waals surface area contributed by atoms with Gasteiger partial charge in [0.2, 0.25) is 0 Å². The average molecular weight is 124 g/mol. The van der Waals surface area contributed by atoms with Crippen LogP contribution in [0.1, 0.15) is 6.92 Å². The maximum absolute atomic E-state index is 4.23. The molecule has 2 heteroatoms. The molecule has 0 aromatic carbocycles. The number of hydrogen-bond acceptors (Lipinski definition) is 2. The van der Waals surface area contributed by atoms with E-state index in [-0.39, 0.29) is 0 Å². The first-order valence-electron chi connectivity index (χ1n) is 3.21. The predicted molar refractivity (Wildman–Crippen MR) is 39.7 cm³/mol. The molecule has 0 fully saturated rings. The van der Waals surface area contributed by atoms with Gasteiger partial charge in [-0.1, -0.05) is 6.08 Å². The Kier molecular flexibility index (Phi) is 1.88. The molecule has 1 aliphatic heterocycles. The summed E-state index contributed by atoms with van der Waals surface area (Å²) in [7, 11) is 0. The summed E-state index contributed by atoms with van der Waals surface area (Å²) in [6.07, 6.45) is 1.91. The van der Waals surface area contributed by atoms with E-state index in [4.69, 9.17) is 0 Å². The zero-order valence-electron chi connectivity index (χ0n) is 5.80. The van der Waals surface area contributed by atoms with Crippen molar-refractivity contribution in [3.8, 4) is 0 Å². The van der Waals surface area contributed by atoms with E-state index in [1.165, 1.54) is 0 Å². The minimum absolute atomic E-state index is 0.940. The standard InChI is InChI=1S/C7H12N2/c1-3-5-9-6-4-8-7(9)2/h3H,1,4-6H2,2H3. The summed E-state index contributed by atoms with van der Waals surface area (Å²) in [5.74, 6) is 1.15. The number of rotatable bonds is 2. The summed E-state index contributed by atoms with van der Waals surface area (Å²) in [6, 6.07) is 0. The van der Waals surface area contributed by atoms with Gasteiger partial charge in [0.25, 0.3) is 0 Å². The Morgan fingerprint density at radius 1 is 1.89 bits per heavy atom. The van der Waals surface area contributed by atoms with Crippen molar-refractivity contribution >= 4 is 5.84 Å². The van der Waals surface area contributed by atoms with Crippen LogP contribution in [0.5, 0.6) is 0 Å². The molecule has 0 N–H and O–H groups in total. The van der Waals surface area contributed by atoms with Gasteiger partial charge >= 0.3 is 0 Å². The molecule has 2 nitrogen and oxygen atoms in total. The maximum atomic E-state index is 4.23. The molecule has 1 heterocycles. The third kappa shape index (κ3) is 1.31. The van der Waals surface area contributed by atoms with Crippen molar-refractivity contribution in [2.45, 2.75) is 6.92 Å². The highest BCUT2D eigenvalue weighted by Gasteiger charge is 2.08. The van der Waals surface area contributed by atoms with Gasteiger partial charge in [0.05, 0.1) is 12.4 Å². The van der Waals surface area contributed by atoms with Crippen LogP contribution in [-0.4, -0.2) is 30.4 Å². The summed E-state index contributed by atoms with van der Waals surface area (Å²) in [5, 5.41) is 0. The van der Waals surface area contributed by atoms with E-state index < -0.39 is 0 Å². The fourth-order valence-corrected chi connectivity index (χ4v) is 0.974. The SMILES string of the molecule is C=CCN1CCN=C1C. The zero-order valence-corrected chi connectivity index (χ0v) is 5.80. The van der Waals surface area contributed by atoms with Crippen LogP contribution in [0.4, 0.5) is 0 Å². The van der Waals surface area contributed by atoms with Crippen molar-refractivity contribution < 1.29 is 0 Å². The fourth-order valence-electron chi connectivity index (χ4n) is 0.974. The van der Waals surface area contributed by atoms with E-state index in [0.717, 1.165) is 25.5 Å². The van der Waals surface area contributed by atoms with Gasteiger partial charge in [-0.3, -0.25) is 4.99 Å². The van der Waals surface area contributed by atoms with E-state index in [2.05, 4.69) is 16.5 Å². The topological polar surface area (TPSA) is 15.6 Å². The van der Waals surface area contributed by atoms with Crippen molar-refractivity contribution in [3.63, 3.8) is 0 Å². The lowest BCUT2D eigenvalue weighted by Crippen LogP contribution is -2.25. The van der Waals surface area contributed by atoms with Crippen molar-refractivity contribution in [3.05, 3.63) is 12.7 Å². The smallest absolute Gasteiger partial charge is 0.0961 e. The molecule has 0 atom stereocenters. The minimum atomic E-state index is 0.940. The highest BCUT2D eigenvalue weighted by atomic mass is 15.2. The molecule has 9 heavy (non-hydrogen) atoms. The van der Waals surface area contributed by atoms with Crippen LogP contribution in [0, 0.1) is 0 Å². The van der Waals surface area contributed by atoms with Crippen molar-refractivity contribution in [1.82, 2.24) is 4.90 Å². The van der Waals surface area contributed by atoms with Crippen molar-refractivity contribution in [2.24, 2.45) is 4.99 Å². The normalized spacial score (nSPS) is 17.9. The second-order valence-electron chi connectivity index (χ2n) is 2.16. The van der Waals surface area contributed by atoms with Crippen LogP contribution in [0.2, 0.25) is 0 Å². The van der Waals surface area contributed by atoms with E-state index in [9.17, 15) is 0 Å². The predicted octanol–water partition coefficient (Wildman–Crippen LogP) is 0.906. The number of nitrogens with zero attached hydrogens (tertiary/aromatic N) is 2. The lowest BCUT2D eigenvalue weighted by Gasteiger charge is -2.14. The molecule has 1 aliphatic rings. The average Bonchev–Trinajstić information content (AvgIpc) is 2.18. The third-order valence-corrected chi connectivity index (χ3v) is 1.52. The minimum Gasteiger partial charge on any atom is -0.355 e. The van der Waals surface area contributed by atoms with Gasteiger partial charge in [0, 0.05) is 13.1 Å². The molecule has 0 aromatic rings. The Bertz CT molecular complexity index is 138. The Balaban J connectivity index is 2.42. The van der Waals surface area contributed by atoms with Crippen LogP contribution < -0.4 is 0 Å². The lowest BCUT2D eigenvalue weighted by atomic mass is 10.5. The quantitative estimate of drug-likeness (QED) is 0.499. The maximum Gasteiger partial charge on any atom is 0.0961 e. The summed E-state index contributed by atoms with van der Waals surface area (Å²) in [6.45, 7) is 8.67. The summed E-state index contributed by atoms with van der Waals surface area (Å²) in [4.78, 5) is 6.45. The first-order valence-corrected chi connectivity index (χ1v) is 3.21. The van der Waals surface area contributed by atoms with Gasteiger partial charge in [-0.15, -0.1) is 6.58 Å². The third-order valence-electron chi connectivity index (χ3n) is 1.52. The molecule has 0 bridgehead atoms. The fraction of sp³-hybridized carbons (Fsp3) is 0.571. The largest absolute Gasteiger partial charge is 0.355 e. The van der Waals surface area contributed by atoms with Gasteiger partial charge < -0.3 is 4.90 Å². The second-order valence-corrected chi connectivity index (χ2v) is 2.16. The molecule has 0 radical (unpaired) electrons. The van der Waals surface area contributed by atoms with Crippen LogP contribution >= 0.6 is 0 Å². The van der Waals surface area contributed by atoms with Crippen LogP contribution in [-0.2, 0) is 0 Å². The molecule has 0 spiro atoms. The molecule has 0 saturated carbocycles. The van der Waals surface area contributed by atoms with E-state index in [1.807, 2.05) is 13.0 Å². The van der Waals surface area contributed by atoms with Gasteiger partial charge in [-0.2, -0.15) is 0 Å².